The van der Waals surface area contributed by atoms with E-state index in [1.807, 2.05) is 30.3 Å². The van der Waals surface area contributed by atoms with Crippen molar-refractivity contribution in [2.45, 2.75) is 45.3 Å². The van der Waals surface area contributed by atoms with Gasteiger partial charge in [0.25, 0.3) is 0 Å². The van der Waals surface area contributed by atoms with Gasteiger partial charge in [0.15, 0.2) is 0 Å². The van der Waals surface area contributed by atoms with Crippen LogP contribution in [-0.2, 0) is 9.31 Å². The SMILES string of the molecule is C=CCCOc1cccc(B2OC(C)(C)C(C)(C)O2)c1. The Labute approximate surface area is 122 Å². The van der Waals surface area contributed by atoms with Crippen molar-refractivity contribution in [3.63, 3.8) is 0 Å². The van der Waals surface area contributed by atoms with Crippen molar-refractivity contribution in [2.24, 2.45) is 0 Å². The van der Waals surface area contributed by atoms with Crippen molar-refractivity contribution in [3.8, 4) is 5.75 Å². The van der Waals surface area contributed by atoms with Crippen molar-refractivity contribution in [3.05, 3.63) is 36.9 Å². The van der Waals surface area contributed by atoms with Gasteiger partial charge in [0.1, 0.15) is 5.75 Å². The molecule has 1 aromatic carbocycles. The number of hydrogen-bond acceptors (Lipinski definition) is 3. The first kappa shape index (κ1) is 15.1. The molecule has 0 aliphatic carbocycles. The molecule has 0 unspecified atom stereocenters. The molecule has 0 N–H and O–H groups in total. The van der Waals surface area contributed by atoms with E-state index in [1.165, 1.54) is 0 Å². The van der Waals surface area contributed by atoms with Gasteiger partial charge in [-0.25, -0.2) is 0 Å². The van der Waals surface area contributed by atoms with Gasteiger partial charge in [0, 0.05) is 0 Å². The Balaban J connectivity index is 2.10. The fourth-order valence-corrected chi connectivity index (χ4v) is 1.99. The molecule has 0 spiro atoms. The third-order valence-electron chi connectivity index (χ3n) is 3.97. The zero-order valence-electron chi connectivity index (χ0n) is 12.8. The normalized spacial score (nSPS) is 19.9. The molecule has 1 saturated heterocycles. The summed E-state index contributed by atoms with van der Waals surface area (Å²) in [6.07, 6.45) is 2.68. The van der Waals surface area contributed by atoms with E-state index >= 15 is 0 Å². The van der Waals surface area contributed by atoms with Crippen molar-refractivity contribution in [2.75, 3.05) is 6.61 Å². The van der Waals surface area contributed by atoms with Crippen LogP contribution in [0, 0.1) is 0 Å². The van der Waals surface area contributed by atoms with Crippen LogP contribution < -0.4 is 10.2 Å². The van der Waals surface area contributed by atoms with Crippen molar-refractivity contribution in [1.29, 1.82) is 0 Å². The molecule has 0 atom stereocenters. The predicted molar refractivity (Wildman–Crippen MR) is 82.5 cm³/mol. The monoisotopic (exact) mass is 274 g/mol. The average molecular weight is 274 g/mol. The molecule has 20 heavy (non-hydrogen) atoms. The summed E-state index contributed by atoms with van der Waals surface area (Å²) >= 11 is 0. The molecule has 1 aromatic rings. The van der Waals surface area contributed by atoms with Crippen LogP contribution in [0.25, 0.3) is 0 Å². The topological polar surface area (TPSA) is 27.7 Å². The molecule has 0 amide bonds. The van der Waals surface area contributed by atoms with Gasteiger partial charge in [-0.15, -0.1) is 6.58 Å². The molecule has 1 heterocycles. The van der Waals surface area contributed by atoms with Crippen LogP contribution in [-0.4, -0.2) is 24.9 Å². The van der Waals surface area contributed by atoms with Crippen LogP contribution in [0.3, 0.4) is 0 Å². The lowest BCUT2D eigenvalue weighted by Crippen LogP contribution is -2.41. The van der Waals surface area contributed by atoms with E-state index in [4.69, 9.17) is 14.0 Å². The summed E-state index contributed by atoms with van der Waals surface area (Å²) in [7, 11) is -0.344. The van der Waals surface area contributed by atoms with Crippen LogP contribution in [0.2, 0.25) is 0 Å². The van der Waals surface area contributed by atoms with E-state index in [9.17, 15) is 0 Å². The molecule has 0 aromatic heterocycles. The van der Waals surface area contributed by atoms with Gasteiger partial charge in [0.2, 0.25) is 0 Å². The zero-order valence-corrected chi connectivity index (χ0v) is 12.8. The first-order valence-corrected chi connectivity index (χ1v) is 7.05. The fraction of sp³-hybridized carbons (Fsp3) is 0.500. The first-order valence-electron chi connectivity index (χ1n) is 7.05. The summed E-state index contributed by atoms with van der Waals surface area (Å²) in [6, 6.07) is 7.88. The van der Waals surface area contributed by atoms with Crippen LogP contribution >= 0.6 is 0 Å². The number of rotatable bonds is 5. The van der Waals surface area contributed by atoms with E-state index < -0.39 is 0 Å². The Morgan fingerprint density at radius 2 is 1.85 bits per heavy atom. The molecule has 4 heteroatoms. The Bertz CT molecular complexity index is 466. The van der Waals surface area contributed by atoms with E-state index in [2.05, 4.69) is 34.3 Å². The third-order valence-corrected chi connectivity index (χ3v) is 3.97. The lowest BCUT2D eigenvalue weighted by molar-refractivity contribution is 0.00578. The fourth-order valence-electron chi connectivity index (χ4n) is 1.99. The highest BCUT2D eigenvalue weighted by Gasteiger charge is 2.51. The number of benzene rings is 1. The maximum Gasteiger partial charge on any atom is 0.494 e. The molecule has 3 nitrogen and oxygen atoms in total. The second kappa shape index (κ2) is 5.62. The Morgan fingerprint density at radius 1 is 1.20 bits per heavy atom. The highest BCUT2D eigenvalue weighted by molar-refractivity contribution is 6.62. The molecule has 1 aliphatic rings. The average Bonchev–Trinajstić information content (AvgIpc) is 2.59. The van der Waals surface area contributed by atoms with Crippen molar-refractivity contribution in [1.82, 2.24) is 0 Å². The van der Waals surface area contributed by atoms with Crippen LogP contribution in [0.15, 0.2) is 36.9 Å². The van der Waals surface area contributed by atoms with E-state index in [0.717, 1.165) is 17.6 Å². The van der Waals surface area contributed by atoms with Crippen molar-refractivity contribution < 1.29 is 14.0 Å². The number of hydrogen-bond donors (Lipinski definition) is 0. The lowest BCUT2D eigenvalue weighted by Gasteiger charge is -2.32. The van der Waals surface area contributed by atoms with Crippen LogP contribution in [0.1, 0.15) is 34.1 Å². The van der Waals surface area contributed by atoms with E-state index in [-0.39, 0.29) is 18.3 Å². The molecular formula is C16H23BO3. The van der Waals surface area contributed by atoms with E-state index in [0.29, 0.717) is 6.61 Å². The predicted octanol–water partition coefficient (Wildman–Crippen LogP) is 2.94. The lowest BCUT2D eigenvalue weighted by atomic mass is 9.79. The minimum absolute atomic E-state index is 0.322. The standard InChI is InChI=1S/C16H23BO3/c1-6-7-11-18-14-10-8-9-13(12-14)17-19-15(2,3)16(4,5)20-17/h6,8-10,12H,1,7,11H2,2-5H3. The van der Waals surface area contributed by atoms with Crippen LogP contribution in [0.5, 0.6) is 5.75 Å². The summed E-state index contributed by atoms with van der Waals surface area (Å²) in [5.74, 6) is 0.832. The second-order valence-corrected chi connectivity index (χ2v) is 6.09. The summed E-state index contributed by atoms with van der Waals surface area (Å²) in [4.78, 5) is 0. The van der Waals surface area contributed by atoms with Gasteiger partial charge in [-0.3, -0.25) is 0 Å². The van der Waals surface area contributed by atoms with Crippen LogP contribution in [0.4, 0.5) is 0 Å². The van der Waals surface area contributed by atoms with Crippen molar-refractivity contribution >= 4 is 12.6 Å². The maximum absolute atomic E-state index is 6.04. The largest absolute Gasteiger partial charge is 0.494 e. The Hall–Kier alpha value is -1.26. The summed E-state index contributed by atoms with van der Waals surface area (Å²) in [6.45, 7) is 12.5. The highest BCUT2D eigenvalue weighted by Crippen LogP contribution is 2.36. The van der Waals surface area contributed by atoms with Gasteiger partial charge in [-0.2, -0.15) is 0 Å². The Morgan fingerprint density at radius 3 is 2.45 bits per heavy atom. The Kier molecular flexibility index (Phi) is 4.26. The maximum atomic E-state index is 6.04. The minimum atomic E-state index is -0.344. The molecule has 1 aliphatic heterocycles. The van der Waals surface area contributed by atoms with E-state index in [1.54, 1.807) is 0 Å². The second-order valence-electron chi connectivity index (χ2n) is 6.09. The molecular weight excluding hydrogens is 251 g/mol. The summed E-state index contributed by atoms with van der Waals surface area (Å²) in [5, 5.41) is 0. The smallest absolute Gasteiger partial charge is 0.493 e. The minimum Gasteiger partial charge on any atom is -0.493 e. The van der Waals surface area contributed by atoms with Gasteiger partial charge in [-0.05, 0) is 51.7 Å². The summed E-state index contributed by atoms with van der Waals surface area (Å²) < 4.78 is 17.7. The quantitative estimate of drug-likeness (QED) is 0.469. The third kappa shape index (κ3) is 3.07. The summed E-state index contributed by atoms with van der Waals surface area (Å²) in [5.41, 5.74) is 0.342. The first-order chi connectivity index (χ1) is 9.36. The zero-order chi connectivity index (χ0) is 14.8. The molecule has 2 rings (SSSR count). The van der Waals surface area contributed by atoms with Gasteiger partial charge in [-0.1, -0.05) is 18.2 Å². The molecule has 0 bridgehead atoms. The molecule has 0 saturated carbocycles. The molecule has 0 radical (unpaired) electrons. The number of ether oxygens (including phenoxy) is 1. The van der Waals surface area contributed by atoms with Gasteiger partial charge >= 0.3 is 7.12 Å². The molecule has 108 valence electrons. The van der Waals surface area contributed by atoms with Gasteiger partial charge in [0.05, 0.1) is 17.8 Å². The highest BCUT2D eigenvalue weighted by atomic mass is 16.7. The molecule has 1 fully saturated rings. The van der Waals surface area contributed by atoms with Gasteiger partial charge < -0.3 is 14.0 Å².